The summed E-state index contributed by atoms with van der Waals surface area (Å²) >= 11 is 0. The average Bonchev–Trinajstić information content (AvgIpc) is 2.35. The first-order valence-electron chi connectivity index (χ1n) is 5.31. The first-order chi connectivity index (χ1) is 8.98. The van der Waals surface area contributed by atoms with Gasteiger partial charge in [0, 0.05) is 0 Å². The van der Waals surface area contributed by atoms with Gasteiger partial charge in [0.05, 0.1) is 11.4 Å². The largest absolute Gasteiger partial charge is 0.501 e. The highest BCUT2D eigenvalue weighted by Gasteiger charge is 2.18. The summed E-state index contributed by atoms with van der Waals surface area (Å²) in [4.78, 5) is 0. The van der Waals surface area contributed by atoms with Crippen molar-refractivity contribution in [2.24, 2.45) is 0 Å². The van der Waals surface area contributed by atoms with Crippen LogP contribution in [0.4, 0.5) is 11.4 Å². The molecule has 100 valence electrons. The molecule has 4 N–H and O–H groups in total. The van der Waals surface area contributed by atoms with Crippen LogP contribution < -0.4 is 19.8 Å². The molecule has 0 atom stereocenters. The first-order valence-corrected chi connectivity index (χ1v) is 6.64. The molecule has 0 saturated carbocycles. The molecule has 2 aromatic rings. The van der Waals surface area contributed by atoms with Gasteiger partial charge in [0.2, 0.25) is 0 Å². The van der Waals surface area contributed by atoms with Crippen LogP contribution in [0.3, 0.4) is 0 Å². The van der Waals surface area contributed by atoms with Crippen LogP contribution in [0, 0.1) is 0 Å². The minimum atomic E-state index is -4.29. The van der Waals surface area contributed by atoms with Gasteiger partial charge in [-0.2, -0.15) is 0 Å². The normalized spacial score (nSPS) is 10.9. The summed E-state index contributed by atoms with van der Waals surface area (Å²) in [7, 11) is -4.29. The molecule has 0 bridgehead atoms. The number of anilines is 2. The summed E-state index contributed by atoms with van der Waals surface area (Å²) in [5.41, 5.74) is 11.5. The Balaban J connectivity index is 2.21. The maximum Gasteiger partial charge on any atom is 0.501 e. The van der Waals surface area contributed by atoms with Crippen molar-refractivity contribution in [3.63, 3.8) is 0 Å². The van der Waals surface area contributed by atoms with E-state index in [1.807, 2.05) is 0 Å². The molecule has 0 unspecified atom stereocenters. The predicted molar refractivity (Wildman–Crippen MR) is 71.9 cm³/mol. The smallest absolute Gasteiger partial charge is 0.396 e. The van der Waals surface area contributed by atoms with Gasteiger partial charge < -0.3 is 19.8 Å². The molecule has 0 saturated heterocycles. The second kappa shape index (κ2) is 5.07. The number of rotatable bonds is 4. The zero-order chi connectivity index (χ0) is 13.9. The van der Waals surface area contributed by atoms with Gasteiger partial charge in [0.25, 0.3) is 0 Å². The predicted octanol–water partition coefficient (Wildman–Crippen LogP) is 1.55. The number of hydrogen-bond acceptors (Lipinski definition) is 6. The SMILES string of the molecule is Nc1ccccc1OS(=O)(=O)Oc1ccccc1N. The van der Waals surface area contributed by atoms with Crippen molar-refractivity contribution in [3.8, 4) is 11.5 Å². The van der Waals surface area contributed by atoms with Gasteiger partial charge >= 0.3 is 10.4 Å². The molecule has 7 heteroatoms. The van der Waals surface area contributed by atoms with Crippen molar-refractivity contribution >= 4 is 21.8 Å². The fraction of sp³-hybridized carbons (Fsp3) is 0. The van der Waals surface area contributed by atoms with Crippen LogP contribution in [0.1, 0.15) is 0 Å². The first kappa shape index (κ1) is 13.0. The highest BCUT2D eigenvalue weighted by molar-refractivity contribution is 7.82. The third kappa shape index (κ3) is 3.29. The van der Waals surface area contributed by atoms with E-state index < -0.39 is 10.4 Å². The van der Waals surface area contributed by atoms with Gasteiger partial charge in [-0.25, -0.2) is 0 Å². The molecule has 2 rings (SSSR count). The van der Waals surface area contributed by atoms with Gasteiger partial charge in [-0.1, -0.05) is 24.3 Å². The van der Waals surface area contributed by atoms with E-state index in [1.54, 1.807) is 24.3 Å². The molecule has 6 nitrogen and oxygen atoms in total. The number of benzene rings is 2. The highest BCUT2D eigenvalue weighted by Crippen LogP contribution is 2.25. The van der Waals surface area contributed by atoms with Crippen molar-refractivity contribution in [2.45, 2.75) is 0 Å². The summed E-state index contributed by atoms with van der Waals surface area (Å²) in [6.07, 6.45) is 0. The summed E-state index contributed by atoms with van der Waals surface area (Å²) in [6, 6.07) is 12.4. The molecule has 0 amide bonds. The maximum absolute atomic E-state index is 11.7. The van der Waals surface area contributed by atoms with Crippen LogP contribution in [0.15, 0.2) is 48.5 Å². The van der Waals surface area contributed by atoms with E-state index in [0.29, 0.717) is 0 Å². The Bertz CT molecular complexity index is 632. The summed E-state index contributed by atoms with van der Waals surface area (Å²) < 4.78 is 33.0. The molecular weight excluding hydrogens is 268 g/mol. The van der Waals surface area contributed by atoms with Gasteiger partial charge in [0.15, 0.2) is 11.5 Å². The lowest BCUT2D eigenvalue weighted by atomic mass is 10.3. The number of nitrogens with two attached hydrogens (primary N) is 2. The van der Waals surface area contributed by atoms with Gasteiger partial charge in [-0.05, 0) is 24.3 Å². The van der Waals surface area contributed by atoms with Crippen molar-refractivity contribution in [1.29, 1.82) is 0 Å². The van der Waals surface area contributed by atoms with E-state index in [0.717, 1.165) is 0 Å². The Kier molecular flexibility index (Phi) is 3.48. The van der Waals surface area contributed by atoms with E-state index in [1.165, 1.54) is 24.3 Å². The van der Waals surface area contributed by atoms with Crippen molar-refractivity contribution in [2.75, 3.05) is 11.5 Å². The lowest BCUT2D eigenvalue weighted by molar-refractivity contribution is 0.394. The van der Waals surface area contributed by atoms with Crippen LogP contribution in [0.25, 0.3) is 0 Å². The molecule has 19 heavy (non-hydrogen) atoms. The molecule has 0 aliphatic carbocycles. The third-order valence-corrected chi connectivity index (χ3v) is 2.99. The van der Waals surface area contributed by atoms with Crippen LogP contribution in [0.5, 0.6) is 11.5 Å². The Morgan fingerprint density at radius 3 is 1.47 bits per heavy atom. The third-order valence-electron chi connectivity index (χ3n) is 2.22. The molecule has 0 heterocycles. The Morgan fingerprint density at radius 2 is 1.11 bits per heavy atom. The maximum atomic E-state index is 11.7. The lowest BCUT2D eigenvalue weighted by Gasteiger charge is -2.10. The zero-order valence-electron chi connectivity index (χ0n) is 9.81. The second-order valence-corrected chi connectivity index (χ2v) is 4.80. The minimum Gasteiger partial charge on any atom is -0.396 e. The highest BCUT2D eigenvalue weighted by atomic mass is 32.3. The summed E-state index contributed by atoms with van der Waals surface area (Å²) in [5.74, 6) is -0.00555. The van der Waals surface area contributed by atoms with Gasteiger partial charge in [0.1, 0.15) is 0 Å². The Hall–Kier alpha value is -2.41. The topological polar surface area (TPSA) is 105 Å². The second-order valence-electron chi connectivity index (χ2n) is 3.65. The van der Waals surface area contributed by atoms with E-state index in [9.17, 15) is 8.42 Å². The average molecular weight is 280 g/mol. The lowest BCUT2D eigenvalue weighted by Crippen LogP contribution is -2.17. The molecule has 0 aliphatic heterocycles. The van der Waals surface area contributed by atoms with E-state index >= 15 is 0 Å². The zero-order valence-corrected chi connectivity index (χ0v) is 10.6. The molecule has 0 aromatic heterocycles. The van der Waals surface area contributed by atoms with E-state index in [-0.39, 0.29) is 22.9 Å². The van der Waals surface area contributed by atoms with Crippen LogP contribution in [0.2, 0.25) is 0 Å². The summed E-state index contributed by atoms with van der Waals surface area (Å²) in [6.45, 7) is 0. The van der Waals surface area contributed by atoms with E-state index in [4.69, 9.17) is 19.8 Å². The molecule has 2 aromatic carbocycles. The fourth-order valence-electron chi connectivity index (χ4n) is 1.35. The Morgan fingerprint density at radius 1 is 0.737 bits per heavy atom. The van der Waals surface area contributed by atoms with Gasteiger partial charge in [-0.3, -0.25) is 0 Å². The quantitative estimate of drug-likeness (QED) is 0.823. The van der Waals surface area contributed by atoms with Crippen LogP contribution >= 0.6 is 0 Å². The minimum absolute atomic E-state index is 0.00278. The Labute approximate surface area is 110 Å². The standard InChI is InChI=1S/C12H12N2O4S/c13-9-5-1-3-7-11(9)17-19(15,16)18-12-8-4-2-6-10(12)14/h1-8H,13-14H2. The van der Waals surface area contributed by atoms with Crippen molar-refractivity contribution < 1.29 is 16.8 Å². The van der Waals surface area contributed by atoms with Crippen LogP contribution in [-0.2, 0) is 10.4 Å². The van der Waals surface area contributed by atoms with E-state index in [2.05, 4.69) is 0 Å². The molecule has 0 spiro atoms. The number of para-hydroxylation sites is 4. The number of nitrogen functional groups attached to an aromatic ring is 2. The van der Waals surface area contributed by atoms with Crippen LogP contribution in [-0.4, -0.2) is 8.42 Å². The van der Waals surface area contributed by atoms with Crippen molar-refractivity contribution in [3.05, 3.63) is 48.5 Å². The fourth-order valence-corrected chi connectivity index (χ4v) is 2.13. The molecule has 0 radical (unpaired) electrons. The van der Waals surface area contributed by atoms with Crippen molar-refractivity contribution in [1.82, 2.24) is 0 Å². The van der Waals surface area contributed by atoms with Gasteiger partial charge in [-0.15, -0.1) is 8.42 Å². The number of hydrogen-bond donors (Lipinski definition) is 2. The monoisotopic (exact) mass is 280 g/mol. The molecular formula is C12H12N2O4S. The summed E-state index contributed by atoms with van der Waals surface area (Å²) in [5, 5.41) is 0. The molecule has 0 fully saturated rings. The molecule has 0 aliphatic rings.